The number of hydrogen-bond donors (Lipinski definition) is 0. The smallest absolute Gasteiger partial charge is 0.164 e. The first kappa shape index (κ1) is 28.6. The first-order chi connectivity index (χ1) is 24.5. The summed E-state index contributed by atoms with van der Waals surface area (Å²) in [5.41, 5.74) is 11.9. The van der Waals surface area contributed by atoms with Crippen LogP contribution in [0.2, 0.25) is 0 Å². The molecule has 0 fully saturated rings. The molecule has 0 saturated carbocycles. The summed E-state index contributed by atoms with van der Waals surface area (Å²) in [6.07, 6.45) is 0. The Balaban J connectivity index is 1.13. The van der Waals surface area contributed by atoms with Crippen molar-refractivity contribution in [3.05, 3.63) is 163 Å². The lowest BCUT2D eigenvalue weighted by Crippen LogP contribution is -2.15. The number of rotatable bonds is 4. The molecule has 0 radical (unpaired) electrons. The van der Waals surface area contributed by atoms with Crippen molar-refractivity contribution in [2.75, 3.05) is 0 Å². The molecule has 0 atom stereocenters. The van der Waals surface area contributed by atoms with Crippen molar-refractivity contribution >= 4 is 32.7 Å². The highest BCUT2D eigenvalue weighted by molar-refractivity contribution is 6.15. The minimum absolute atomic E-state index is 0.126. The number of aromatic nitrogens is 3. The molecule has 0 aliphatic heterocycles. The van der Waals surface area contributed by atoms with Crippen LogP contribution in [0.3, 0.4) is 0 Å². The summed E-state index contributed by atoms with van der Waals surface area (Å²) in [6.45, 7) is 4.60. The van der Waals surface area contributed by atoms with Gasteiger partial charge in [-0.2, -0.15) is 0 Å². The Kier molecular flexibility index (Phi) is 6.19. The predicted molar refractivity (Wildman–Crippen MR) is 204 cm³/mol. The second kappa shape index (κ2) is 10.8. The summed E-state index contributed by atoms with van der Waals surface area (Å²) in [6, 6.07) is 53.1. The van der Waals surface area contributed by atoms with E-state index in [1.54, 1.807) is 0 Å². The van der Waals surface area contributed by atoms with Crippen LogP contribution >= 0.6 is 0 Å². The van der Waals surface area contributed by atoms with E-state index in [0.29, 0.717) is 17.5 Å². The molecule has 0 unspecified atom stereocenters. The van der Waals surface area contributed by atoms with Crippen LogP contribution in [-0.4, -0.2) is 15.0 Å². The normalized spacial score (nSPS) is 13.2. The molecule has 7 aromatic carbocycles. The van der Waals surface area contributed by atoms with Crippen LogP contribution in [0.25, 0.3) is 89.1 Å². The van der Waals surface area contributed by atoms with Gasteiger partial charge in [0.15, 0.2) is 17.5 Å². The number of hydrogen-bond acceptors (Lipinski definition) is 4. The van der Waals surface area contributed by atoms with E-state index >= 15 is 0 Å². The predicted octanol–water partition coefficient (Wildman–Crippen LogP) is 11.9. The van der Waals surface area contributed by atoms with E-state index in [-0.39, 0.29) is 5.41 Å². The fourth-order valence-electron chi connectivity index (χ4n) is 7.77. The number of benzene rings is 7. The van der Waals surface area contributed by atoms with Crippen molar-refractivity contribution in [2.24, 2.45) is 0 Å². The van der Waals surface area contributed by atoms with Gasteiger partial charge in [0.1, 0.15) is 11.2 Å². The van der Waals surface area contributed by atoms with Crippen molar-refractivity contribution in [3.8, 4) is 56.4 Å². The zero-order valence-electron chi connectivity index (χ0n) is 27.7. The van der Waals surface area contributed by atoms with E-state index in [1.807, 2.05) is 24.3 Å². The molecule has 50 heavy (non-hydrogen) atoms. The number of nitrogens with zero attached hydrogens (tertiary/aromatic N) is 3. The minimum atomic E-state index is -0.126. The first-order valence-electron chi connectivity index (χ1n) is 17.0. The molecule has 236 valence electrons. The summed E-state index contributed by atoms with van der Waals surface area (Å²) < 4.78 is 6.40. The fraction of sp³-hybridized carbons (Fsp3) is 0.0652. The van der Waals surface area contributed by atoms with Crippen LogP contribution < -0.4 is 0 Å². The summed E-state index contributed by atoms with van der Waals surface area (Å²) in [5.74, 6) is 1.94. The van der Waals surface area contributed by atoms with E-state index in [2.05, 4.69) is 141 Å². The van der Waals surface area contributed by atoms with E-state index in [9.17, 15) is 0 Å². The second-order valence-electron chi connectivity index (χ2n) is 13.7. The minimum Gasteiger partial charge on any atom is -0.456 e. The van der Waals surface area contributed by atoms with Gasteiger partial charge in [0.2, 0.25) is 0 Å². The third kappa shape index (κ3) is 4.42. The van der Waals surface area contributed by atoms with Gasteiger partial charge >= 0.3 is 0 Å². The summed E-state index contributed by atoms with van der Waals surface area (Å²) in [4.78, 5) is 15.3. The standard InChI is InChI=1S/C46H31N3O/c1-46(2)38-20-9-8-18-35(38)36-23-22-33(26-39(36)46)45-48-43(28-12-4-3-5-13-28)47-44(49-45)32-17-10-16-31(24-32)34-19-11-21-40-42(34)37-25-29-14-6-7-15-30(29)27-41(37)50-40/h3-27H,1-2H3. The SMILES string of the molecule is CC1(C)c2ccccc2-c2ccc(-c3nc(-c4ccccc4)nc(-c4cccc(-c5cccc6oc7cc8ccccc8cc7c56)c4)n3)cc21. The van der Waals surface area contributed by atoms with Gasteiger partial charge < -0.3 is 4.42 Å². The molecule has 4 nitrogen and oxygen atoms in total. The Hall–Kier alpha value is -6.39. The Morgan fingerprint density at radius 3 is 1.84 bits per heavy atom. The van der Waals surface area contributed by atoms with Gasteiger partial charge in [-0.3, -0.25) is 0 Å². The summed E-state index contributed by atoms with van der Waals surface area (Å²) in [7, 11) is 0. The molecule has 2 aromatic heterocycles. The Morgan fingerprint density at radius 2 is 1.02 bits per heavy atom. The van der Waals surface area contributed by atoms with E-state index in [1.165, 1.54) is 33.0 Å². The van der Waals surface area contributed by atoms with Crippen LogP contribution in [-0.2, 0) is 5.41 Å². The Bertz CT molecular complexity index is 2790. The van der Waals surface area contributed by atoms with E-state index in [0.717, 1.165) is 49.8 Å². The molecule has 10 rings (SSSR count). The van der Waals surface area contributed by atoms with Crippen molar-refractivity contribution < 1.29 is 4.42 Å². The average molecular weight is 642 g/mol. The van der Waals surface area contributed by atoms with Crippen molar-refractivity contribution in [3.63, 3.8) is 0 Å². The first-order valence-corrected chi connectivity index (χ1v) is 17.0. The highest BCUT2D eigenvalue weighted by Gasteiger charge is 2.35. The fourth-order valence-corrected chi connectivity index (χ4v) is 7.77. The third-order valence-electron chi connectivity index (χ3n) is 10.3. The molecule has 1 aliphatic carbocycles. The van der Waals surface area contributed by atoms with E-state index < -0.39 is 0 Å². The Labute approximate surface area is 289 Å². The molecule has 4 heteroatoms. The third-order valence-corrected chi connectivity index (χ3v) is 10.3. The van der Waals surface area contributed by atoms with E-state index in [4.69, 9.17) is 19.4 Å². The summed E-state index contributed by atoms with van der Waals surface area (Å²) in [5, 5.41) is 4.57. The molecule has 1 aliphatic rings. The van der Waals surface area contributed by atoms with Crippen LogP contribution in [0.1, 0.15) is 25.0 Å². The molecule has 0 spiro atoms. The van der Waals surface area contributed by atoms with Gasteiger partial charge in [-0.05, 0) is 74.5 Å². The molecular formula is C46H31N3O. The monoisotopic (exact) mass is 641 g/mol. The Morgan fingerprint density at radius 1 is 0.420 bits per heavy atom. The van der Waals surface area contributed by atoms with Gasteiger partial charge in [-0.25, -0.2) is 15.0 Å². The maximum atomic E-state index is 6.40. The van der Waals surface area contributed by atoms with Crippen molar-refractivity contribution in [2.45, 2.75) is 19.3 Å². The quantitative estimate of drug-likeness (QED) is 0.192. The lowest BCUT2D eigenvalue weighted by atomic mass is 9.82. The highest BCUT2D eigenvalue weighted by atomic mass is 16.3. The number of fused-ring (bicyclic) bond motifs is 7. The molecular weight excluding hydrogens is 611 g/mol. The molecule has 0 bridgehead atoms. The maximum absolute atomic E-state index is 6.40. The largest absolute Gasteiger partial charge is 0.456 e. The zero-order valence-corrected chi connectivity index (χ0v) is 27.7. The lowest BCUT2D eigenvalue weighted by molar-refractivity contribution is 0.660. The molecule has 9 aromatic rings. The molecule has 2 heterocycles. The maximum Gasteiger partial charge on any atom is 0.164 e. The van der Waals surface area contributed by atoms with Gasteiger partial charge in [-0.1, -0.05) is 135 Å². The van der Waals surface area contributed by atoms with Crippen LogP contribution in [0.5, 0.6) is 0 Å². The molecule has 0 amide bonds. The lowest BCUT2D eigenvalue weighted by Gasteiger charge is -2.21. The number of furan rings is 1. The second-order valence-corrected chi connectivity index (χ2v) is 13.7. The zero-order chi connectivity index (χ0) is 33.4. The highest BCUT2D eigenvalue weighted by Crippen LogP contribution is 2.49. The van der Waals surface area contributed by atoms with Crippen molar-refractivity contribution in [1.82, 2.24) is 15.0 Å². The van der Waals surface area contributed by atoms with Crippen LogP contribution in [0.4, 0.5) is 0 Å². The van der Waals surface area contributed by atoms with Crippen LogP contribution in [0, 0.1) is 0 Å². The molecule has 0 N–H and O–H groups in total. The average Bonchev–Trinajstić information content (AvgIpc) is 3.65. The van der Waals surface area contributed by atoms with Crippen molar-refractivity contribution in [1.29, 1.82) is 0 Å². The topological polar surface area (TPSA) is 51.8 Å². The van der Waals surface area contributed by atoms with Gasteiger partial charge in [-0.15, -0.1) is 0 Å². The van der Waals surface area contributed by atoms with Crippen LogP contribution in [0.15, 0.2) is 156 Å². The van der Waals surface area contributed by atoms with Gasteiger partial charge in [0.25, 0.3) is 0 Å². The molecule has 0 saturated heterocycles. The van der Waals surface area contributed by atoms with Gasteiger partial charge in [0, 0.05) is 32.9 Å². The summed E-state index contributed by atoms with van der Waals surface area (Å²) >= 11 is 0. The van der Waals surface area contributed by atoms with Gasteiger partial charge in [0.05, 0.1) is 0 Å².